The van der Waals surface area contributed by atoms with Gasteiger partial charge in [0.25, 0.3) is 0 Å². The van der Waals surface area contributed by atoms with Crippen molar-refractivity contribution in [1.82, 2.24) is 0 Å². The Morgan fingerprint density at radius 3 is 2.29 bits per heavy atom. The Morgan fingerprint density at radius 2 is 2.14 bits per heavy atom. The van der Waals surface area contributed by atoms with Gasteiger partial charge in [0.15, 0.2) is 0 Å². The van der Waals surface area contributed by atoms with E-state index in [1.807, 2.05) is 6.92 Å². The smallest absolute Gasteiger partial charge is 0.878 e. The van der Waals surface area contributed by atoms with Crippen LogP contribution in [0, 0.1) is 0 Å². The van der Waals surface area contributed by atoms with Crippen molar-refractivity contribution in [2.24, 2.45) is 0 Å². The summed E-state index contributed by atoms with van der Waals surface area (Å²) in [6, 6.07) is 0. The zero-order valence-corrected chi connectivity index (χ0v) is 6.98. The van der Waals surface area contributed by atoms with E-state index in [0.717, 1.165) is 19.1 Å². The van der Waals surface area contributed by atoms with Gasteiger partial charge in [0.2, 0.25) is 0 Å². The van der Waals surface area contributed by atoms with Crippen molar-refractivity contribution in [3.8, 4) is 0 Å². The van der Waals surface area contributed by atoms with Crippen molar-refractivity contribution in [2.45, 2.75) is 19.8 Å². The van der Waals surface area contributed by atoms with Crippen LogP contribution in [-0.4, -0.2) is 0 Å². The first-order chi connectivity index (χ1) is 2.91. The molecule has 36 valence electrons. The summed E-state index contributed by atoms with van der Waals surface area (Å²) in [7, 11) is 0. The third-order valence-electron chi connectivity index (χ3n) is 0.552. The number of unbranched alkanes of at least 4 members (excludes halogenated alkanes) is 1. The fraction of sp³-hybridized carbons (Fsp3) is 0.600. The second kappa shape index (κ2) is 9.74. The maximum atomic E-state index is 9.51. The molecule has 7 heavy (non-hydrogen) atoms. The zero-order valence-electron chi connectivity index (χ0n) is 4.98. The van der Waals surface area contributed by atoms with E-state index in [2.05, 4.69) is 0 Å². The van der Waals surface area contributed by atoms with Gasteiger partial charge < -0.3 is 5.11 Å². The van der Waals surface area contributed by atoms with E-state index in [9.17, 15) is 5.11 Å². The standard InChI is InChI=1S/C5H10O.Na/c1-2-3-4-5-6;/h4-6H,2-3H2,1H3;/q;+1/p-1. The van der Waals surface area contributed by atoms with Crippen LogP contribution in [0.1, 0.15) is 19.8 Å². The van der Waals surface area contributed by atoms with Gasteiger partial charge in [0.05, 0.1) is 0 Å². The molecule has 0 spiro atoms. The van der Waals surface area contributed by atoms with E-state index < -0.39 is 0 Å². The fourth-order valence-corrected chi connectivity index (χ4v) is 0.235. The summed E-state index contributed by atoms with van der Waals surface area (Å²) in [6.07, 6.45) is 4.45. The summed E-state index contributed by atoms with van der Waals surface area (Å²) in [4.78, 5) is 0. The average molecular weight is 108 g/mol. The summed E-state index contributed by atoms with van der Waals surface area (Å²) < 4.78 is 0. The molecule has 0 aromatic heterocycles. The minimum atomic E-state index is 0. The first-order valence-corrected chi connectivity index (χ1v) is 2.18. The van der Waals surface area contributed by atoms with Gasteiger partial charge in [-0.15, -0.1) is 0 Å². The number of hydrogen-bond acceptors (Lipinski definition) is 1. The average Bonchev–Trinajstić information content (AvgIpc) is 1.61. The van der Waals surface area contributed by atoms with Crippen LogP contribution < -0.4 is 34.7 Å². The van der Waals surface area contributed by atoms with Crippen LogP contribution in [0.3, 0.4) is 0 Å². The van der Waals surface area contributed by atoms with Gasteiger partial charge in [-0.3, -0.25) is 0 Å². The van der Waals surface area contributed by atoms with E-state index in [4.69, 9.17) is 0 Å². The molecule has 1 nitrogen and oxygen atoms in total. The molecule has 0 aromatic carbocycles. The molecular formula is C5H9NaO. The maximum Gasteiger partial charge on any atom is 1.00 e. The second-order valence-electron chi connectivity index (χ2n) is 1.16. The Hall–Kier alpha value is 0.540. The van der Waals surface area contributed by atoms with E-state index in [1.165, 1.54) is 0 Å². The van der Waals surface area contributed by atoms with Crippen LogP contribution in [0.4, 0.5) is 0 Å². The Kier molecular flexibility index (Phi) is 14.6. The Morgan fingerprint density at radius 1 is 1.57 bits per heavy atom. The summed E-state index contributed by atoms with van der Waals surface area (Å²) in [5, 5.41) is 9.51. The minimum Gasteiger partial charge on any atom is -0.878 e. The predicted molar refractivity (Wildman–Crippen MR) is 24.0 cm³/mol. The molecule has 0 heterocycles. The molecule has 0 fully saturated rings. The molecule has 0 radical (unpaired) electrons. The summed E-state index contributed by atoms with van der Waals surface area (Å²) >= 11 is 0. The van der Waals surface area contributed by atoms with Gasteiger partial charge >= 0.3 is 29.6 Å². The van der Waals surface area contributed by atoms with E-state index in [-0.39, 0.29) is 29.6 Å². The van der Waals surface area contributed by atoms with Crippen molar-refractivity contribution < 1.29 is 34.7 Å². The van der Waals surface area contributed by atoms with Gasteiger partial charge in [0.1, 0.15) is 0 Å². The molecule has 0 saturated heterocycles. The normalized spacial score (nSPS) is 8.71. The largest absolute Gasteiger partial charge is 1.00 e. The number of rotatable bonds is 2. The quantitative estimate of drug-likeness (QED) is 0.287. The van der Waals surface area contributed by atoms with Crippen LogP contribution in [-0.2, 0) is 0 Å². The SMILES string of the molecule is CCCC=C[O-].[Na+]. The topological polar surface area (TPSA) is 23.1 Å². The molecule has 0 amide bonds. The van der Waals surface area contributed by atoms with Crippen molar-refractivity contribution in [3.63, 3.8) is 0 Å². The van der Waals surface area contributed by atoms with Gasteiger partial charge in [-0.05, 0) is 6.42 Å². The first kappa shape index (κ1) is 10.5. The predicted octanol–water partition coefficient (Wildman–Crippen LogP) is -2.34. The van der Waals surface area contributed by atoms with E-state index in [1.54, 1.807) is 6.08 Å². The maximum absolute atomic E-state index is 9.51. The molecule has 2 heteroatoms. The summed E-state index contributed by atoms with van der Waals surface area (Å²) in [6.45, 7) is 2.04. The third-order valence-corrected chi connectivity index (χ3v) is 0.552. The van der Waals surface area contributed by atoms with Crippen molar-refractivity contribution in [3.05, 3.63) is 12.3 Å². The number of allylic oxidation sites excluding steroid dienone is 1. The molecule has 0 aliphatic carbocycles. The second-order valence-corrected chi connectivity index (χ2v) is 1.16. The van der Waals surface area contributed by atoms with Crippen molar-refractivity contribution >= 4 is 0 Å². The van der Waals surface area contributed by atoms with E-state index in [0.29, 0.717) is 0 Å². The molecule has 0 rings (SSSR count). The molecule has 0 atom stereocenters. The molecule has 0 bridgehead atoms. The monoisotopic (exact) mass is 108 g/mol. The van der Waals surface area contributed by atoms with Crippen LogP contribution >= 0.6 is 0 Å². The van der Waals surface area contributed by atoms with E-state index >= 15 is 0 Å². The number of hydrogen-bond donors (Lipinski definition) is 0. The molecule has 0 aliphatic heterocycles. The fourth-order valence-electron chi connectivity index (χ4n) is 0.235. The van der Waals surface area contributed by atoms with Gasteiger partial charge in [-0.25, -0.2) is 0 Å². The molecule has 0 aromatic rings. The summed E-state index contributed by atoms with van der Waals surface area (Å²) in [5.41, 5.74) is 0. The summed E-state index contributed by atoms with van der Waals surface area (Å²) in [5.74, 6) is 0. The molecule has 0 saturated carbocycles. The van der Waals surface area contributed by atoms with Crippen molar-refractivity contribution in [2.75, 3.05) is 0 Å². The molecule has 0 aliphatic rings. The third kappa shape index (κ3) is 10.8. The Bertz CT molecular complexity index is 43.3. The van der Waals surface area contributed by atoms with Crippen LogP contribution in [0.25, 0.3) is 0 Å². The van der Waals surface area contributed by atoms with Gasteiger partial charge in [-0.1, -0.05) is 19.4 Å². The molecule has 0 unspecified atom stereocenters. The van der Waals surface area contributed by atoms with Gasteiger partial charge in [-0.2, -0.15) is 6.26 Å². The Balaban J connectivity index is 0. The van der Waals surface area contributed by atoms with Gasteiger partial charge in [0, 0.05) is 0 Å². The van der Waals surface area contributed by atoms with Crippen LogP contribution in [0.15, 0.2) is 12.3 Å². The first-order valence-electron chi connectivity index (χ1n) is 2.18. The van der Waals surface area contributed by atoms with Crippen LogP contribution in [0.2, 0.25) is 0 Å². The Labute approximate surface area is 66.7 Å². The zero-order chi connectivity index (χ0) is 4.83. The van der Waals surface area contributed by atoms with Crippen molar-refractivity contribution in [1.29, 1.82) is 0 Å². The molecular weight excluding hydrogens is 99.0 g/mol. The molecule has 0 N–H and O–H groups in total. The minimum absolute atomic E-state index is 0. The van der Waals surface area contributed by atoms with Crippen LogP contribution in [0.5, 0.6) is 0 Å².